The number of aromatic nitrogens is 3. The highest BCUT2D eigenvalue weighted by Gasteiger charge is 2.35. The lowest BCUT2D eigenvalue weighted by atomic mass is 9.82. The summed E-state index contributed by atoms with van der Waals surface area (Å²) >= 11 is 0. The van der Waals surface area contributed by atoms with E-state index in [0.717, 1.165) is 38.4 Å². The van der Waals surface area contributed by atoms with Crippen molar-refractivity contribution in [2.45, 2.75) is 19.3 Å². The second-order valence-electron chi connectivity index (χ2n) is 11.1. The van der Waals surface area contributed by atoms with Gasteiger partial charge in [0.05, 0.1) is 5.52 Å². The number of pyridine rings is 1. The van der Waals surface area contributed by atoms with Crippen molar-refractivity contribution in [1.29, 1.82) is 0 Å². The standard InChI is InChI=1S/C36H25N3O/c1-36(2)30-15-9-8-13-26(30)27-18-16-24(21-31(27)36)33-37-35(40)38-34-28-14-7-6-12-25(28)29-20-23(17-19-32(29)39(33)34)22-10-4-3-5-11-22/h3-21H,1-2H3. The fourth-order valence-corrected chi connectivity index (χ4v) is 6.52. The number of nitrogens with zero attached hydrogens (tertiary/aromatic N) is 3. The summed E-state index contributed by atoms with van der Waals surface area (Å²) in [4.78, 5) is 22.0. The zero-order valence-electron chi connectivity index (χ0n) is 22.2. The minimum atomic E-state index is -0.483. The molecule has 2 aromatic heterocycles. The van der Waals surface area contributed by atoms with Crippen LogP contribution >= 0.6 is 0 Å². The lowest BCUT2D eigenvalue weighted by Gasteiger charge is -2.22. The Balaban J connectivity index is 1.46. The highest BCUT2D eigenvalue weighted by molar-refractivity contribution is 6.13. The number of fused-ring (bicyclic) bond motifs is 9. The zero-order chi connectivity index (χ0) is 27.0. The SMILES string of the molecule is CC1(C)c2ccccc2-c2ccc(-c3nc(=O)nc4c5ccccc5c5cc(-c6ccccc6)ccc5n34)cc21. The van der Waals surface area contributed by atoms with Crippen LogP contribution in [0.4, 0.5) is 0 Å². The molecule has 0 spiro atoms. The van der Waals surface area contributed by atoms with Gasteiger partial charge in [-0.25, -0.2) is 4.79 Å². The predicted molar refractivity (Wildman–Crippen MR) is 163 cm³/mol. The van der Waals surface area contributed by atoms with Crippen molar-refractivity contribution in [2.75, 3.05) is 0 Å². The molecule has 190 valence electrons. The molecular formula is C36H25N3O. The predicted octanol–water partition coefficient (Wildman–Crippen LogP) is 8.04. The summed E-state index contributed by atoms with van der Waals surface area (Å²) in [5, 5.41) is 3.08. The van der Waals surface area contributed by atoms with Crippen LogP contribution in [0.15, 0.2) is 120 Å². The van der Waals surface area contributed by atoms with E-state index in [1.807, 2.05) is 24.3 Å². The average Bonchev–Trinajstić information content (AvgIpc) is 3.23. The van der Waals surface area contributed by atoms with Crippen molar-refractivity contribution >= 4 is 27.3 Å². The Hall–Kier alpha value is -5.09. The molecule has 0 atom stereocenters. The van der Waals surface area contributed by atoms with E-state index in [9.17, 15) is 4.79 Å². The molecule has 1 aliphatic carbocycles. The molecule has 0 fully saturated rings. The normalized spacial score (nSPS) is 13.6. The largest absolute Gasteiger partial charge is 0.371 e. The highest BCUT2D eigenvalue weighted by Crippen LogP contribution is 2.49. The van der Waals surface area contributed by atoms with Crippen LogP contribution in [0.3, 0.4) is 0 Å². The monoisotopic (exact) mass is 515 g/mol. The van der Waals surface area contributed by atoms with Gasteiger partial charge in [-0.15, -0.1) is 0 Å². The smallest absolute Gasteiger partial charge is 0.277 e. The van der Waals surface area contributed by atoms with Gasteiger partial charge in [0.15, 0.2) is 11.5 Å². The van der Waals surface area contributed by atoms with Gasteiger partial charge in [0.1, 0.15) is 0 Å². The molecule has 40 heavy (non-hydrogen) atoms. The molecular weight excluding hydrogens is 490 g/mol. The molecule has 2 heterocycles. The lowest BCUT2D eigenvalue weighted by molar-refractivity contribution is 0.660. The van der Waals surface area contributed by atoms with Gasteiger partial charge in [-0.2, -0.15) is 9.97 Å². The first-order chi connectivity index (χ1) is 19.5. The summed E-state index contributed by atoms with van der Waals surface area (Å²) in [6.45, 7) is 4.53. The molecule has 1 aliphatic rings. The Morgan fingerprint density at radius 3 is 2.12 bits per heavy atom. The molecule has 0 saturated carbocycles. The molecule has 7 aromatic rings. The molecule has 0 N–H and O–H groups in total. The van der Waals surface area contributed by atoms with Crippen LogP contribution in [0.5, 0.6) is 0 Å². The van der Waals surface area contributed by atoms with Crippen LogP contribution in [0.2, 0.25) is 0 Å². The third-order valence-electron chi connectivity index (χ3n) is 8.47. The number of rotatable bonds is 2. The van der Waals surface area contributed by atoms with Crippen molar-refractivity contribution in [1.82, 2.24) is 14.4 Å². The molecule has 0 radical (unpaired) electrons. The minimum Gasteiger partial charge on any atom is -0.277 e. The third kappa shape index (κ3) is 3.16. The zero-order valence-corrected chi connectivity index (χ0v) is 22.2. The second kappa shape index (κ2) is 8.20. The van der Waals surface area contributed by atoms with Crippen molar-refractivity contribution in [3.63, 3.8) is 0 Å². The lowest BCUT2D eigenvalue weighted by Crippen LogP contribution is -2.18. The Labute approximate surface area is 231 Å². The molecule has 8 rings (SSSR count). The third-order valence-corrected chi connectivity index (χ3v) is 8.47. The quantitative estimate of drug-likeness (QED) is 0.219. The van der Waals surface area contributed by atoms with E-state index < -0.39 is 5.69 Å². The van der Waals surface area contributed by atoms with E-state index in [-0.39, 0.29) is 5.41 Å². The van der Waals surface area contributed by atoms with Crippen molar-refractivity contribution in [3.05, 3.63) is 137 Å². The Morgan fingerprint density at radius 1 is 0.575 bits per heavy atom. The van der Waals surface area contributed by atoms with E-state index in [1.54, 1.807) is 0 Å². The van der Waals surface area contributed by atoms with Gasteiger partial charge in [-0.1, -0.05) is 111 Å². The molecule has 0 amide bonds. The first kappa shape index (κ1) is 22.9. The molecule has 4 nitrogen and oxygen atoms in total. The molecule has 0 aliphatic heterocycles. The van der Waals surface area contributed by atoms with Crippen LogP contribution in [0, 0.1) is 0 Å². The molecule has 0 saturated heterocycles. The number of benzene rings is 5. The minimum absolute atomic E-state index is 0.158. The van der Waals surface area contributed by atoms with Gasteiger partial charge in [0, 0.05) is 21.8 Å². The van der Waals surface area contributed by atoms with Crippen LogP contribution in [0.25, 0.3) is 61.0 Å². The van der Waals surface area contributed by atoms with Gasteiger partial charge in [0.25, 0.3) is 0 Å². The first-order valence-corrected chi connectivity index (χ1v) is 13.6. The number of hydrogen-bond acceptors (Lipinski definition) is 3. The fraction of sp³-hybridized carbons (Fsp3) is 0.0833. The average molecular weight is 516 g/mol. The Kier molecular flexibility index (Phi) is 4.69. The molecule has 4 heteroatoms. The second-order valence-corrected chi connectivity index (χ2v) is 11.1. The first-order valence-electron chi connectivity index (χ1n) is 13.6. The maximum atomic E-state index is 13.0. The van der Waals surface area contributed by atoms with Gasteiger partial charge >= 0.3 is 5.69 Å². The van der Waals surface area contributed by atoms with Crippen LogP contribution in [-0.2, 0) is 5.41 Å². The fourth-order valence-electron chi connectivity index (χ4n) is 6.52. The summed E-state index contributed by atoms with van der Waals surface area (Å²) in [6.07, 6.45) is 0. The number of hydrogen-bond donors (Lipinski definition) is 0. The summed E-state index contributed by atoms with van der Waals surface area (Å²) < 4.78 is 2.06. The summed E-state index contributed by atoms with van der Waals surface area (Å²) in [5.41, 5.74) is 9.19. The molecule has 0 unspecified atom stereocenters. The van der Waals surface area contributed by atoms with Crippen molar-refractivity contribution in [3.8, 4) is 33.6 Å². The van der Waals surface area contributed by atoms with Crippen LogP contribution in [0.1, 0.15) is 25.0 Å². The van der Waals surface area contributed by atoms with E-state index in [4.69, 9.17) is 0 Å². The van der Waals surface area contributed by atoms with E-state index in [2.05, 4.69) is 119 Å². The van der Waals surface area contributed by atoms with Crippen LogP contribution in [-0.4, -0.2) is 14.4 Å². The summed E-state index contributed by atoms with van der Waals surface area (Å²) in [7, 11) is 0. The van der Waals surface area contributed by atoms with Gasteiger partial charge in [0.2, 0.25) is 0 Å². The Bertz CT molecular complexity index is 2210. The van der Waals surface area contributed by atoms with Gasteiger partial charge in [-0.3, -0.25) is 4.40 Å². The summed E-state index contributed by atoms with van der Waals surface area (Å²) in [5.74, 6) is 0.604. The van der Waals surface area contributed by atoms with E-state index >= 15 is 0 Å². The van der Waals surface area contributed by atoms with Crippen molar-refractivity contribution < 1.29 is 0 Å². The highest BCUT2D eigenvalue weighted by atomic mass is 16.1. The molecule has 5 aromatic carbocycles. The maximum Gasteiger partial charge on any atom is 0.371 e. The van der Waals surface area contributed by atoms with Gasteiger partial charge in [-0.05, 0) is 57.0 Å². The maximum absolute atomic E-state index is 13.0. The van der Waals surface area contributed by atoms with E-state index in [0.29, 0.717) is 11.5 Å². The van der Waals surface area contributed by atoms with Gasteiger partial charge < -0.3 is 0 Å². The summed E-state index contributed by atoms with van der Waals surface area (Å²) in [6, 6.07) is 40.1. The van der Waals surface area contributed by atoms with Crippen LogP contribution < -0.4 is 5.69 Å². The topological polar surface area (TPSA) is 47.3 Å². The van der Waals surface area contributed by atoms with E-state index in [1.165, 1.54) is 22.3 Å². The molecule has 0 bridgehead atoms. The Morgan fingerprint density at radius 2 is 1.27 bits per heavy atom. The van der Waals surface area contributed by atoms with Crippen molar-refractivity contribution in [2.24, 2.45) is 0 Å².